The first-order valence-corrected chi connectivity index (χ1v) is 9.87. The standard InChI is InChI=1S/C20H23Cl2N3O4/c1-4-25(11-16(26)23-18-13(21)7-5-8-14(18)22)20(28)17(12(2)3)24-19(27)15-9-6-10-29-15/h5-10,12,17H,4,11H2,1-3H3,(H,23,26)(H,24,27). The molecule has 0 aliphatic carbocycles. The van der Waals surface area contributed by atoms with Crippen LogP contribution >= 0.6 is 23.2 Å². The molecule has 0 saturated carbocycles. The molecule has 1 aromatic heterocycles. The lowest BCUT2D eigenvalue weighted by molar-refractivity contribution is -0.137. The minimum Gasteiger partial charge on any atom is -0.459 e. The van der Waals surface area contributed by atoms with Gasteiger partial charge in [0.1, 0.15) is 6.04 Å². The summed E-state index contributed by atoms with van der Waals surface area (Å²) in [7, 11) is 0. The van der Waals surface area contributed by atoms with E-state index in [-0.39, 0.29) is 36.4 Å². The van der Waals surface area contributed by atoms with Crippen LogP contribution in [0.15, 0.2) is 41.0 Å². The highest BCUT2D eigenvalue weighted by molar-refractivity contribution is 6.39. The van der Waals surface area contributed by atoms with Crippen LogP contribution in [-0.2, 0) is 9.59 Å². The van der Waals surface area contributed by atoms with Crippen molar-refractivity contribution in [3.05, 3.63) is 52.4 Å². The third kappa shape index (κ3) is 5.98. The average molecular weight is 440 g/mol. The SMILES string of the molecule is CCN(CC(=O)Nc1c(Cl)cccc1Cl)C(=O)C(NC(=O)c1ccco1)C(C)C. The molecule has 0 fully saturated rings. The van der Waals surface area contributed by atoms with Gasteiger partial charge in [0.25, 0.3) is 5.91 Å². The first-order chi connectivity index (χ1) is 13.7. The molecule has 0 saturated heterocycles. The van der Waals surface area contributed by atoms with E-state index in [1.807, 2.05) is 13.8 Å². The predicted octanol–water partition coefficient (Wildman–Crippen LogP) is 3.83. The van der Waals surface area contributed by atoms with Crippen molar-refractivity contribution in [2.45, 2.75) is 26.8 Å². The van der Waals surface area contributed by atoms with Crippen molar-refractivity contribution in [2.24, 2.45) is 5.92 Å². The number of furan rings is 1. The Kier molecular flexibility index (Phi) is 8.10. The number of nitrogens with zero attached hydrogens (tertiary/aromatic N) is 1. The number of nitrogens with one attached hydrogen (secondary N) is 2. The van der Waals surface area contributed by atoms with Crippen LogP contribution in [0.25, 0.3) is 0 Å². The van der Waals surface area contributed by atoms with E-state index in [1.54, 1.807) is 31.2 Å². The second kappa shape index (κ2) is 10.3. The highest BCUT2D eigenvalue weighted by Gasteiger charge is 2.30. The smallest absolute Gasteiger partial charge is 0.287 e. The van der Waals surface area contributed by atoms with Crippen molar-refractivity contribution in [1.82, 2.24) is 10.2 Å². The van der Waals surface area contributed by atoms with Gasteiger partial charge in [-0.1, -0.05) is 43.1 Å². The van der Waals surface area contributed by atoms with Crippen LogP contribution in [0.5, 0.6) is 0 Å². The van der Waals surface area contributed by atoms with E-state index in [2.05, 4.69) is 10.6 Å². The average Bonchev–Trinajstić information content (AvgIpc) is 3.21. The molecule has 29 heavy (non-hydrogen) atoms. The minimum absolute atomic E-state index is 0.109. The molecule has 2 N–H and O–H groups in total. The van der Waals surface area contributed by atoms with Gasteiger partial charge in [0.2, 0.25) is 11.8 Å². The molecule has 0 aliphatic rings. The molecule has 0 radical (unpaired) electrons. The van der Waals surface area contributed by atoms with E-state index in [0.29, 0.717) is 10.0 Å². The number of hydrogen-bond donors (Lipinski definition) is 2. The molecule has 0 bridgehead atoms. The van der Waals surface area contributed by atoms with Crippen molar-refractivity contribution in [2.75, 3.05) is 18.4 Å². The lowest BCUT2D eigenvalue weighted by Gasteiger charge is -2.28. The summed E-state index contributed by atoms with van der Waals surface area (Å²) in [5.74, 6) is -1.41. The van der Waals surface area contributed by atoms with Gasteiger partial charge in [-0.3, -0.25) is 14.4 Å². The molecule has 1 atom stereocenters. The maximum absolute atomic E-state index is 13.0. The number of carbonyl (C=O) groups is 3. The minimum atomic E-state index is -0.816. The summed E-state index contributed by atoms with van der Waals surface area (Å²) < 4.78 is 5.07. The van der Waals surface area contributed by atoms with E-state index < -0.39 is 17.9 Å². The molecule has 7 nitrogen and oxygen atoms in total. The van der Waals surface area contributed by atoms with Gasteiger partial charge >= 0.3 is 0 Å². The van der Waals surface area contributed by atoms with E-state index in [9.17, 15) is 14.4 Å². The van der Waals surface area contributed by atoms with Gasteiger partial charge in [0, 0.05) is 6.54 Å². The number of rotatable bonds is 8. The lowest BCUT2D eigenvalue weighted by Crippen LogP contribution is -2.52. The maximum atomic E-state index is 13.0. The predicted molar refractivity (Wildman–Crippen MR) is 112 cm³/mol. The first kappa shape index (κ1) is 22.8. The van der Waals surface area contributed by atoms with E-state index in [0.717, 1.165) is 0 Å². The van der Waals surface area contributed by atoms with Gasteiger partial charge in [0.05, 0.1) is 28.5 Å². The van der Waals surface area contributed by atoms with Crippen molar-refractivity contribution in [3.8, 4) is 0 Å². The molecule has 9 heteroatoms. The van der Waals surface area contributed by atoms with Gasteiger partial charge < -0.3 is 20.0 Å². The summed E-state index contributed by atoms with van der Waals surface area (Å²) in [6.07, 6.45) is 1.38. The van der Waals surface area contributed by atoms with Crippen molar-refractivity contribution in [1.29, 1.82) is 0 Å². The normalized spacial score (nSPS) is 11.8. The van der Waals surface area contributed by atoms with Crippen LogP contribution in [-0.4, -0.2) is 41.8 Å². The third-order valence-corrected chi connectivity index (χ3v) is 4.85. The zero-order valence-corrected chi connectivity index (χ0v) is 17.9. The van der Waals surface area contributed by atoms with Crippen molar-refractivity contribution in [3.63, 3.8) is 0 Å². The molecule has 1 aromatic carbocycles. The number of benzene rings is 1. The van der Waals surface area contributed by atoms with Crippen LogP contribution in [0.4, 0.5) is 5.69 Å². The topological polar surface area (TPSA) is 91.7 Å². The number of para-hydroxylation sites is 1. The van der Waals surface area contributed by atoms with Gasteiger partial charge in [-0.2, -0.15) is 0 Å². The molecule has 2 rings (SSSR count). The molecule has 156 valence electrons. The highest BCUT2D eigenvalue weighted by Crippen LogP contribution is 2.29. The quantitative estimate of drug-likeness (QED) is 0.653. The van der Waals surface area contributed by atoms with E-state index in [4.69, 9.17) is 27.6 Å². The Labute approximate surface area is 179 Å². The molecule has 2 aromatic rings. The van der Waals surface area contributed by atoms with Gasteiger partial charge in [-0.15, -0.1) is 0 Å². The Morgan fingerprint density at radius 3 is 2.28 bits per heavy atom. The molecule has 0 spiro atoms. The zero-order chi connectivity index (χ0) is 21.6. The summed E-state index contributed by atoms with van der Waals surface area (Å²) in [6.45, 7) is 5.43. The highest BCUT2D eigenvalue weighted by atomic mass is 35.5. The van der Waals surface area contributed by atoms with Crippen LogP contribution in [0.3, 0.4) is 0 Å². The fourth-order valence-corrected chi connectivity index (χ4v) is 3.14. The van der Waals surface area contributed by atoms with Crippen molar-refractivity contribution < 1.29 is 18.8 Å². The molecule has 1 unspecified atom stereocenters. The Bertz CT molecular complexity index is 848. The number of likely N-dealkylation sites (N-methyl/N-ethyl adjacent to an activating group) is 1. The van der Waals surface area contributed by atoms with E-state index in [1.165, 1.54) is 17.2 Å². The van der Waals surface area contributed by atoms with Crippen LogP contribution in [0.1, 0.15) is 31.3 Å². The fraction of sp³-hybridized carbons (Fsp3) is 0.350. The number of hydrogen-bond acceptors (Lipinski definition) is 4. The van der Waals surface area contributed by atoms with Gasteiger partial charge in [0.15, 0.2) is 5.76 Å². The Balaban J connectivity index is 2.08. The molecule has 3 amide bonds. The first-order valence-electron chi connectivity index (χ1n) is 9.11. The van der Waals surface area contributed by atoms with Crippen LogP contribution < -0.4 is 10.6 Å². The molecular weight excluding hydrogens is 417 g/mol. The number of halogens is 2. The lowest BCUT2D eigenvalue weighted by atomic mass is 10.0. The Morgan fingerprint density at radius 1 is 1.10 bits per heavy atom. The molecule has 1 heterocycles. The number of anilines is 1. The summed E-state index contributed by atoms with van der Waals surface area (Å²) in [5, 5.41) is 5.90. The molecule has 0 aliphatic heterocycles. The summed E-state index contributed by atoms with van der Waals surface area (Å²) in [5.41, 5.74) is 0.288. The number of amides is 3. The largest absolute Gasteiger partial charge is 0.459 e. The molecular formula is C20H23Cl2N3O4. The van der Waals surface area contributed by atoms with Gasteiger partial charge in [-0.05, 0) is 37.1 Å². The second-order valence-corrected chi connectivity index (χ2v) is 7.48. The maximum Gasteiger partial charge on any atom is 0.287 e. The van der Waals surface area contributed by atoms with Gasteiger partial charge in [-0.25, -0.2) is 0 Å². The third-order valence-electron chi connectivity index (χ3n) is 4.22. The Hall–Kier alpha value is -2.51. The zero-order valence-electron chi connectivity index (χ0n) is 16.4. The van der Waals surface area contributed by atoms with Crippen molar-refractivity contribution >= 4 is 46.6 Å². The summed E-state index contributed by atoms with van der Waals surface area (Å²) in [4.78, 5) is 39.1. The fourth-order valence-electron chi connectivity index (χ4n) is 2.65. The van der Waals surface area contributed by atoms with Crippen LogP contribution in [0, 0.1) is 5.92 Å². The van der Waals surface area contributed by atoms with E-state index >= 15 is 0 Å². The second-order valence-electron chi connectivity index (χ2n) is 6.67. The summed E-state index contributed by atoms with van der Waals surface area (Å²) >= 11 is 12.1. The van der Waals surface area contributed by atoms with Crippen LogP contribution in [0.2, 0.25) is 10.0 Å². The number of carbonyl (C=O) groups excluding carboxylic acids is 3. The summed E-state index contributed by atoms with van der Waals surface area (Å²) in [6, 6.07) is 7.15. The monoisotopic (exact) mass is 439 g/mol. The Morgan fingerprint density at radius 2 is 1.76 bits per heavy atom.